The summed E-state index contributed by atoms with van der Waals surface area (Å²) in [6.45, 7) is 3.98. The quantitative estimate of drug-likeness (QED) is 0.197. The smallest absolute Gasteiger partial charge is 0.338 e. The molecule has 2 aromatic heterocycles. The van der Waals surface area contributed by atoms with Crippen LogP contribution in [0.15, 0.2) is 73.4 Å². The molecule has 3 heterocycles. The van der Waals surface area contributed by atoms with Gasteiger partial charge in [-0.05, 0) is 82.7 Å². The minimum Gasteiger partial charge on any atom is -0.493 e. The van der Waals surface area contributed by atoms with E-state index in [1.165, 1.54) is 22.7 Å². The predicted molar refractivity (Wildman–Crippen MR) is 166 cm³/mol. The molecule has 41 heavy (non-hydrogen) atoms. The Morgan fingerprint density at radius 2 is 2.00 bits per heavy atom. The topological polar surface area (TPSA) is 79.1 Å². The van der Waals surface area contributed by atoms with E-state index in [-0.39, 0.29) is 18.8 Å². The third kappa shape index (κ3) is 6.03. The molecule has 0 spiro atoms. The van der Waals surface area contributed by atoms with Gasteiger partial charge in [-0.3, -0.25) is 9.36 Å². The fraction of sp³-hybridized carbons (Fsp3) is 0.207. The van der Waals surface area contributed by atoms with E-state index in [0.29, 0.717) is 46.6 Å². The summed E-state index contributed by atoms with van der Waals surface area (Å²) in [4.78, 5) is 32.7. The number of thiophene rings is 1. The van der Waals surface area contributed by atoms with Gasteiger partial charge in [0.05, 0.1) is 44.0 Å². The highest BCUT2D eigenvalue weighted by atomic mass is 79.9. The molecular weight excluding hydrogens is 671 g/mol. The van der Waals surface area contributed by atoms with Gasteiger partial charge < -0.3 is 14.2 Å². The maximum atomic E-state index is 13.8. The number of esters is 1. The molecule has 0 unspecified atom stereocenters. The molecule has 0 fully saturated rings. The van der Waals surface area contributed by atoms with Gasteiger partial charge in [-0.25, -0.2) is 9.79 Å². The Morgan fingerprint density at radius 1 is 1.20 bits per heavy atom. The van der Waals surface area contributed by atoms with E-state index in [9.17, 15) is 9.59 Å². The predicted octanol–water partition coefficient (Wildman–Crippen LogP) is 6.52. The lowest BCUT2D eigenvalue weighted by Gasteiger charge is -2.23. The first-order valence-corrected chi connectivity index (χ1v) is 15.6. The summed E-state index contributed by atoms with van der Waals surface area (Å²) in [5, 5.41) is 2.83. The number of thiazole rings is 1. The molecule has 0 N–H and O–H groups in total. The number of benzene rings is 2. The maximum Gasteiger partial charge on any atom is 0.338 e. The first-order valence-electron chi connectivity index (χ1n) is 12.4. The van der Waals surface area contributed by atoms with Crippen molar-refractivity contribution in [3.05, 3.63) is 109 Å². The molecule has 212 valence electrons. The number of carbonyl (C=O) groups is 1. The van der Waals surface area contributed by atoms with E-state index in [1.54, 1.807) is 49.8 Å². The van der Waals surface area contributed by atoms with Crippen LogP contribution in [-0.2, 0) is 16.1 Å². The summed E-state index contributed by atoms with van der Waals surface area (Å²) < 4.78 is 19.7. The molecular formula is C29H23BrCl2N2O5S2. The normalized spacial score (nSPS) is 15.0. The van der Waals surface area contributed by atoms with Crippen LogP contribution in [0, 0.1) is 0 Å². The Kier molecular flexibility index (Phi) is 9.06. The van der Waals surface area contributed by atoms with Crippen LogP contribution in [0.25, 0.3) is 6.08 Å². The van der Waals surface area contributed by atoms with Gasteiger partial charge in [0.25, 0.3) is 5.56 Å². The van der Waals surface area contributed by atoms with Crippen LogP contribution in [0.5, 0.6) is 11.5 Å². The molecule has 1 aliphatic heterocycles. The molecule has 1 aliphatic rings. The van der Waals surface area contributed by atoms with E-state index in [2.05, 4.69) is 20.9 Å². The van der Waals surface area contributed by atoms with Crippen LogP contribution in [-0.4, -0.2) is 24.3 Å². The van der Waals surface area contributed by atoms with Gasteiger partial charge in [-0.1, -0.05) is 46.7 Å². The first kappa shape index (κ1) is 29.6. The number of rotatable bonds is 8. The Balaban J connectivity index is 1.54. The number of hydrogen-bond acceptors (Lipinski definition) is 8. The molecule has 0 amide bonds. The highest BCUT2D eigenvalue weighted by Gasteiger charge is 2.33. The van der Waals surface area contributed by atoms with Gasteiger partial charge in [-0.2, -0.15) is 0 Å². The van der Waals surface area contributed by atoms with Gasteiger partial charge in [0.2, 0.25) is 0 Å². The molecule has 2 aromatic carbocycles. The molecule has 0 radical (unpaired) electrons. The molecule has 0 saturated heterocycles. The van der Waals surface area contributed by atoms with Crippen LogP contribution >= 0.6 is 61.8 Å². The van der Waals surface area contributed by atoms with Crippen LogP contribution in [0.3, 0.4) is 0 Å². The van der Waals surface area contributed by atoms with Crippen LogP contribution in [0.1, 0.15) is 35.9 Å². The summed E-state index contributed by atoms with van der Waals surface area (Å²) in [5.74, 6) is 0.506. The largest absolute Gasteiger partial charge is 0.493 e. The number of fused-ring (bicyclic) bond motifs is 1. The minimum atomic E-state index is -0.620. The van der Waals surface area contributed by atoms with Gasteiger partial charge in [-0.15, -0.1) is 11.3 Å². The van der Waals surface area contributed by atoms with Crippen molar-refractivity contribution in [1.82, 2.24) is 4.57 Å². The van der Waals surface area contributed by atoms with Gasteiger partial charge in [0, 0.05) is 4.88 Å². The van der Waals surface area contributed by atoms with E-state index in [0.717, 1.165) is 16.0 Å². The van der Waals surface area contributed by atoms with Gasteiger partial charge >= 0.3 is 5.97 Å². The zero-order valence-corrected chi connectivity index (χ0v) is 26.8. The third-order valence-electron chi connectivity index (χ3n) is 6.25. The minimum absolute atomic E-state index is 0.223. The van der Waals surface area contributed by atoms with Crippen LogP contribution in [0.4, 0.5) is 0 Å². The fourth-order valence-electron chi connectivity index (χ4n) is 4.41. The molecule has 0 saturated carbocycles. The Labute approximate surface area is 262 Å². The Morgan fingerprint density at radius 3 is 2.68 bits per heavy atom. The van der Waals surface area contributed by atoms with Crippen LogP contribution < -0.4 is 24.4 Å². The number of methoxy groups -OCH3 is 1. The first-order chi connectivity index (χ1) is 19.7. The second-order valence-corrected chi connectivity index (χ2v) is 12.5. The number of aromatic nitrogens is 1. The Bertz CT molecular complexity index is 1850. The lowest BCUT2D eigenvalue weighted by Crippen LogP contribution is -2.39. The van der Waals surface area contributed by atoms with Crippen molar-refractivity contribution in [2.24, 2.45) is 4.99 Å². The van der Waals surface area contributed by atoms with Crippen molar-refractivity contribution in [2.45, 2.75) is 26.5 Å². The van der Waals surface area contributed by atoms with Crippen molar-refractivity contribution >= 4 is 73.9 Å². The van der Waals surface area contributed by atoms with Crippen molar-refractivity contribution in [3.63, 3.8) is 0 Å². The zero-order valence-electron chi connectivity index (χ0n) is 22.1. The number of hydrogen-bond donors (Lipinski definition) is 0. The van der Waals surface area contributed by atoms with Crippen molar-refractivity contribution in [2.75, 3.05) is 13.7 Å². The molecule has 12 heteroatoms. The van der Waals surface area contributed by atoms with Crippen molar-refractivity contribution in [1.29, 1.82) is 0 Å². The van der Waals surface area contributed by atoms with Crippen molar-refractivity contribution in [3.8, 4) is 11.5 Å². The van der Waals surface area contributed by atoms with Crippen molar-refractivity contribution < 1.29 is 19.0 Å². The number of allylic oxidation sites excluding steroid dienone is 1. The highest BCUT2D eigenvalue weighted by molar-refractivity contribution is 9.10. The number of ether oxygens (including phenoxy) is 3. The second-order valence-electron chi connectivity index (χ2n) is 8.89. The molecule has 7 nitrogen and oxygen atoms in total. The number of carbonyl (C=O) groups excluding carboxylic acids is 1. The number of nitrogens with zero attached hydrogens (tertiary/aromatic N) is 2. The summed E-state index contributed by atoms with van der Waals surface area (Å²) in [6, 6.07) is 12.1. The molecule has 0 bridgehead atoms. The average Bonchev–Trinajstić information content (AvgIpc) is 3.57. The summed E-state index contributed by atoms with van der Waals surface area (Å²) in [6.07, 6.45) is 1.77. The van der Waals surface area contributed by atoms with Gasteiger partial charge in [0.1, 0.15) is 12.6 Å². The zero-order chi connectivity index (χ0) is 29.3. The molecule has 5 rings (SSSR count). The summed E-state index contributed by atoms with van der Waals surface area (Å²) >= 11 is 18.5. The van der Waals surface area contributed by atoms with E-state index >= 15 is 0 Å². The second kappa shape index (κ2) is 12.5. The SMILES string of the molecule is CCOC(=O)C1=C(C)N=c2s/c(=C\c3cc(Br)c(OCc4ccc(Cl)c(Cl)c4)c(OC)c3)c(=O)n2[C@@H]1c1cccs1. The monoisotopic (exact) mass is 692 g/mol. The fourth-order valence-corrected chi connectivity index (χ4v) is 7.17. The summed E-state index contributed by atoms with van der Waals surface area (Å²) in [5.41, 5.74) is 2.20. The van der Waals surface area contributed by atoms with Crippen LogP contribution in [0.2, 0.25) is 10.0 Å². The molecule has 4 aromatic rings. The van der Waals surface area contributed by atoms with E-state index in [4.69, 9.17) is 37.4 Å². The number of halogens is 3. The van der Waals surface area contributed by atoms with Gasteiger partial charge in [0.15, 0.2) is 16.3 Å². The van der Waals surface area contributed by atoms with E-state index in [1.807, 2.05) is 29.6 Å². The highest BCUT2D eigenvalue weighted by Crippen LogP contribution is 2.38. The van der Waals surface area contributed by atoms with E-state index < -0.39 is 12.0 Å². The Hall–Kier alpha value is -2.89. The lowest BCUT2D eigenvalue weighted by atomic mass is 10.0. The standard InChI is InChI=1S/C29H23BrCl2N2O5S2/c1-4-38-28(36)24-15(2)33-29-34(25(24)22-6-5-9-40-22)27(35)23(41-29)13-17-10-18(30)26(21(12-17)37-3)39-14-16-7-8-19(31)20(32)11-16/h5-13,25H,4,14H2,1-3H3/b23-13-/t25-/m1/s1. The maximum absolute atomic E-state index is 13.8. The summed E-state index contributed by atoms with van der Waals surface area (Å²) in [7, 11) is 1.55. The molecule has 0 aliphatic carbocycles. The average molecular weight is 694 g/mol. The molecule has 1 atom stereocenters. The third-order valence-corrected chi connectivity index (χ3v) is 9.48. The lowest BCUT2D eigenvalue weighted by molar-refractivity contribution is -0.139.